The third-order valence-electron chi connectivity index (χ3n) is 3.00. The topological polar surface area (TPSA) is 113 Å². The molecular weight excluding hydrogens is 391 g/mol. The number of hydrogen-bond acceptors (Lipinski definition) is 4. The molecule has 2 aromatic rings. The highest BCUT2D eigenvalue weighted by Gasteiger charge is 2.22. The Morgan fingerprint density at radius 3 is 2.08 bits per heavy atom. The van der Waals surface area contributed by atoms with Gasteiger partial charge >= 0.3 is 5.97 Å². The van der Waals surface area contributed by atoms with Crippen LogP contribution in [0.2, 0.25) is 10.0 Å². The van der Waals surface area contributed by atoms with Crippen molar-refractivity contribution in [2.24, 2.45) is 0 Å². The average Bonchev–Trinajstić information content (AvgIpc) is 2.47. The predicted molar refractivity (Wildman–Crippen MR) is 95.0 cm³/mol. The number of aromatic carboxylic acids is 1. The Morgan fingerprint density at radius 2 is 1.56 bits per heavy atom. The predicted octanol–water partition coefficient (Wildman–Crippen LogP) is 3.45. The quantitative estimate of drug-likeness (QED) is 0.708. The first-order valence-corrected chi connectivity index (χ1v) is 8.97. The smallest absolute Gasteiger partial charge is 0.337 e. The minimum atomic E-state index is -4.14. The molecule has 0 bridgehead atoms. The van der Waals surface area contributed by atoms with Gasteiger partial charge in [0.1, 0.15) is 4.90 Å². The number of sulfonamides is 1. The van der Waals surface area contributed by atoms with Crippen molar-refractivity contribution in [1.29, 1.82) is 0 Å². The third kappa shape index (κ3) is 4.62. The van der Waals surface area contributed by atoms with E-state index in [1.54, 1.807) is 0 Å². The minimum absolute atomic E-state index is 0.170. The van der Waals surface area contributed by atoms with Crippen LogP contribution in [0.5, 0.6) is 0 Å². The van der Waals surface area contributed by atoms with Crippen LogP contribution in [0.1, 0.15) is 17.3 Å². The number of carboxylic acids is 1. The van der Waals surface area contributed by atoms with Crippen molar-refractivity contribution < 1.29 is 23.1 Å². The number of carboxylic acid groups (broad SMARTS) is 1. The lowest BCUT2D eigenvalue weighted by atomic mass is 10.2. The first-order chi connectivity index (χ1) is 11.6. The van der Waals surface area contributed by atoms with Crippen LogP contribution in [0.3, 0.4) is 0 Å². The van der Waals surface area contributed by atoms with Crippen LogP contribution in [0.4, 0.5) is 11.4 Å². The first kappa shape index (κ1) is 19.0. The molecule has 0 aromatic heterocycles. The fourth-order valence-corrected chi connectivity index (χ4v) is 3.85. The van der Waals surface area contributed by atoms with Crippen molar-refractivity contribution in [2.75, 3.05) is 10.0 Å². The largest absolute Gasteiger partial charge is 0.478 e. The molecule has 1 amide bonds. The van der Waals surface area contributed by atoms with Gasteiger partial charge in [0, 0.05) is 18.3 Å². The molecule has 0 saturated carbocycles. The molecule has 0 saturated heterocycles. The van der Waals surface area contributed by atoms with Gasteiger partial charge in [-0.1, -0.05) is 23.2 Å². The zero-order chi connectivity index (χ0) is 18.8. The highest BCUT2D eigenvalue weighted by atomic mass is 35.5. The Morgan fingerprint density at radius 1 is 1.00 bits per heavy atom. The van der Waals surface area contributed by atoms with Crippen LogP contribution >= 0.6 is 23.2 Å². The monoisotopic (exact) mass is 402 g/mol. The van der Waals surface area contributed by atoms with Crippen molar-refractivity contribution in [1.82, 2.24) is 0 Å². The second kappa shape index (κ2) is 7.30. The number of anilines is 2. The summed E-state index contributed by atoms with van der Waals surface area (Å²) in [6, 6.07) is 7.83. The Labute approximate surface area is 153 Å². The summed E-state index contributed by atoms with van der Waals surface area (Å²) in [6.07, 6.45) is 0. The summed E-state index contributed by atoms with van der Waals surface area (Å²) in [5, 5.41) is 11.2. The molecule has 0 radical (unpaired) electrons. The van der Waals surface area contributed by atoms with E-state index in [1.165, 1.54) is 31.2 Å². The van der Waals surface area contributed by atoms with E-state index in [0.29, 0.717) is 5.69 Å². The summed E-state index contributed by atoms with van der Waals surface area (Å²) >= 11 is 11.6. The molecule has 0 unspecified atom stereocenters. The summed E-state index contributed by atoms with van der Waals surface area (Å²) in [5.74, 6) is -1.64. The number of nitrogens with one attached hydrogen (secondary N) is 2. The number of carbonyl (C=O) groups is 2. The second-order valence-corrected chi connectivity index (χ2v) is 7.40. The Bertz CT molecular complexity index is 943. The highest BCUT2D eigenvalue weighted by molar-refractivity contribution is 7.92. The molecule has 3 N–H and O–H groups in total. The third-order valence-corrected chi connectivity index (χ3v) is 5.16. The van der Waals surface area contributed by atoms with Crippen molar-refractivity contribution in [3.63, 3.8) is 0 Å². The van der Waals surface area contributed by atoms with E-state index >= 15 is 0 Å². The minimum Gasteiger partial charge on any atom is -0.478 e. The molecule has 7 nitrogen and oxygen atoms in total. The van der Waals surface area contributed by atoms with E-state index in [9.17, 15) is 18.0 Å². The molecule has 2 rings (SSSR count). The lowest BCUT2D eigenvalue weighted by Crippen LogP contribution is -2.15. The summed E-state index contributed by atoms with van der Waals surface area (Å²) in [4.78, 5) is 21.7. The maximum atomic E-state index is 12.5. The van der Waals surface area contributed by atoms with Gasteiger partial charge in [-0.05, 0) is 36.4 Å². The van der Waals surface area contributed by atoms with Gasteiger partial charge in [0.25, 0.3) is 10.0 Å². The number of amides is 1. The van der Waals surface area contributed by atoms with Gasteiger partial charge in [0.15, 0.2) is 0 Å². The van der Waals surface area contributed by atoms with E-state index in [2.05, 4.69) is 10.0 Å². The molecule has 0 heterocycles. The molecule has 0 aliphatic rings. The summed E-state index contributed by atoms with van der Waals surface area (Å²) in [7, 11) is -4.14. The molecule has 10 heteroatoms. The lowest BCUT2D eigenvalue weighted by molar-refractivity contribution is -0.114. The van der Waals surface area contributed by atoms with Crippen LogP contribution in [-0.4, -0.2) is 25.4 Å². The SMILES string of the molecule is CC(=O)Nc1ccc(NS(=O)(=O)c2cc(C(=O)O)c(Cl)cc2Cl)cc1. The number of hydrogen-bond donors (Lipinski definition) is 3. The standard InChI is InChI=1S/C15H12Cl2N2O5S/c1-8(20)18-9-2-4-10(5-3-9)19-25(23,24)14-6-11(15(21)22)12(16)7-13(14)17/h2-7,19H,1H3,(H,18,20)(H,21,22). The van der Waals surface area contributed by atoms with Gasteiger partial charge in [-0.15, -0.1) is 0 Å². The zero-order valence-electron chi connectivity index (χ0n) is 12.7. The molecule has 0 aliphatic carbocycles. The summed E-state index contributed by atoms with van der Waals surface area (Å²) in [6.45, 7) is 1.35. The lowest BCUT2D eigenvalue weighted by Gasteiger charge is -2.11. The van der Waals surface area contributed by atoms with E-state index in [1.807, 2.05) is 0 Å². The van der Waals surface area contributed by atoms with E-state index in [-0.39, 0.29) is 27.2 Å². The Hall–Kier alpha value is -2.29. The number of benzene rings is 2. The fraction of sp³-hybridized carbons (Fsp3) is 0.0667. The molecule has 0 spiro atoms. The van der Waals surface area contributed by atoms with Crippen LogP contribution in [0, 0.1) is 0 Å². The molecule has 2 aromatic carbocycles. The molecule has 0 atom stereocenters. The molecule has 0 aliphatic heterocycles. The number of halogens is 2. The van der Waals surface area contributed by atoms with Crippen LogP contribution < -0.4 is 10.0 Å². The maximum Gasteiger partial charge on any atom is 0.337 e. The zero-order valence-corrected chi connectivity index (χ0v) is 15.0. The van der Waals surface area contributed by atoms with Crippen LogP contribution in [0.15, 0.2) is 41.3 Å². The molecular formula is C15H12Cl2N2O5S. The van der Waals surface area contributed by atoms with Crippen molar-refractivity contribution in [3.8, 4) is 0 Å². The van der Waals surface area contributed by atoms with Gasteiger partial charge in [0.2, 0.25) is 5.91 Å². The highest BCUT2D eigenvalue weighted by Crippen LogP contribution is 2.30. The maximum absolute atomic E-state index is 12.5. The summed E-state index contributed by atoms with van der Waals surface area (Å²) in [5.41, 5.74) is 0.317. The van der Waals surface area contributed by atoms with Crippen molar-refractivity contribution >= 4 is 56.5 Å². The van der Waals surface area contributed by atoms with Gasteiger partial charge in [-0.3, -0.25) is 9.52 Å². The average molecular weight is 403 g/mol. The molecule has 0 fully saturated rings. The van der Waals surface area contributed by atoms with E-state index in [4.69, 9.17) is 28.3 Å². The number of carbonyl (C=O) groups excluding carboxylic acids is 1. The second-order valence-electron chi connectivity index (χ2n) is 4.93. The Balaban J connectivity index is 2.35. The van der Waals surface area contributed by atoms with Crippen LogP contribution in [0.25, 0.3) is 0 Å². The van der Waals surface area contributed by atoms with Crippen molar-refractivity contribution in [3.05, 3.63) is 52.0 Å². The van der Waals surface area contributed by atoms with Gasteiger partial charge in [-0.25, -0.2) is 13.2 Å². The van der Waals surface area contributed by atoms with Crippen LogP contribution in [-0.2, 0) is 14.8 Å². The summed E-state index contributed by atoms with van der Waals surface area (Å²) < 4.78 is 27.2. The Kier molecular flexibility index (Phi) is 5.56. The van der Waals surface area contributed by atoms with E-state index < -0.39 is 20.9 Å². The molecule has 132 valence electrons. The first-order valence-electron chi connectivity index (χ1n) is 6.73. The normalized spacial score (nSPS) is 11.0. The van der Waals surface area contributed by atoms with Gasteiger partial charge < -0.3 is 10.4 Å². The molecule has 25 heavy (non-hydrogen) atoms. The number of rotatable bonds is 5. The van der Waals surface area contributed by atoms with Gasteiger partial charge in [0.05, 0.1) is 15.6 Å². The van der Waals surface area contributed by atoms with Crippen molar-refractivity contribution in [2.45, 2.75) is 11.8 Å². The van der Waals surface area contributed by atoms with E-state index in [0.717, 1.165) is 12.1 Å². The van der Waals surface area contributed by atoms with Gasteiger partial charge in [-0.2, -0.15) is 0 Å². The fourth-order valence-electron chi connectivity index (χ4n) is 1.93.